The van der Waals surface area contributed by atoms with Crippen molar-refractivity contribution in [1.82, 2.24) is 0 Å². The van der Waals surface area contributed by atoms with Crippen LogP contribution in [0.2, 0.25) is 0 Å². The zero-order chi connectivity index (χ0) is 15.5. The van der Waals surface area contributed by atoms with E-state index >= 15 is 0 Å². The van der Waals surface area contributed by atoms with Crippen LogP contribution in [-0.4, -0.2) is 11.7 Å². The summed E-state index contributed by atoms with van der Waals surface area (Å²) in [5.41, 5.74) is 5.98. The predicted molar refractivity (Wildman–Crippen MR) is 78.9 cm³/mol. The quantitative estimate of drug-likeness (QED) is 0.502. The molecule has 0 saturated heterocycles. The lowest BCUT2D eigenvalue weighted by molar-refractivity contribution is -0.137. The molecule has 0 saturated carbocycles. The molecule has 2 aromatic carbocycles. The first-order valence-corrected chi connectivity index (χ1v) is 6.61. The van der Waals surface area contributed by atoms with E-state index in [1.807, 2.05) is 0 Å². The highest BCUT2D eigenvalue weighted by atomic mass is 35.5. The minimum Gasteiger partial charge on any atom is -0.386 e. The molecule has 0 atom stereocenters. The van der Waals surface area contributed by atoms with Crippen LogP contribution in [0.3, 0.4) is 0 Å². The molecule has 0 aromatic heterocycles. The third-order valence-electron chi connectivity index (χ3n) is 2.82. The molecular formula is C15H12ClF3N2. The number of aliphatic imine (C=N–C) groups is 1. The first kappa shape index (κ1) is 15.4. The largest absolute Gasteiger partial charge is 0.417 e. The van der Waals surface area contributed by atoms with Crippen molar-refractivity contribution in [3.8, 4) is 11.1 Å². The predicted octanol–water partition coefficient (Wildman–Crippen LogP) is 4.60. The molecule has 0 aliphatic heterocycles. The van der Waals surface area contributed by atoms with Gasteiger partial charge in [0.05, 0.1) is 17.1 Å². The molecule has 0 radical (unpaired) electrons. The van der Waals surface area contributed by atoms with Gasteiger partial charge in [-0.1, -0.05) is 30.3 Å². The fourth-order valence-corrected chi connectivity index (χ4v) is 1.95. The maximum absolute atomic E-state index is 13.0. The lowest BCUT2D eigenvalue weighted by Crippen LogP contribution is -2.12. The number of benzene rings is 2. The van der Waals surface area contributed by atoms with Crippen LogP contribution in [0.15, 0.2) is 53.5 Å². The summed E-state index contributed by atoms with van der Waals surface area (Å²) in [7, 11) is 0. The summed E-state index contributed by atoms with van der Waals surface area (Å²) in [4.78, 5) is 4.02. The van der Waals surface area contributed by atoms with E-state index in [1.165, 1.54) is 12.1 Å². The van der Waals surface area contributed by atoms with Crippen molar-refractivity contribution in [3.63, 3.8) is 0 Å². The highest BCUT2D eigenvalue weighted by Crippen LogP contribution is 2.37. The SMILES string of the molecule is NC(CCl)=Nc1ccc(-c2ccccc2C(F)(F)F)cc1. The van der Waals surface area contributed by atoms with Crippen molar-refractivity contribution < 1.29 is 13.2 Å². The summed E-state index contributed by atoms with van der Waals surface area (Å²) >= 11 is 5.52. The molecule has 2 rings (SSSR count). The van der Waals surface area contributed by atoms with Crippen LogP contribution in [0.4, 0.5) is 18.9 Å². The van der Waals surface area contributed by atoms with Crippen molar-refractivity contribution in [2.24, 2.45) is 10.7 Å². The molecular weight excluding hydrogens is 301 g/mol. The van der Waals surface area contributed by atoms with Gasteiger partial charge < -0.3 is 5.73 Å². The first-order valence-electron chi connectivity index (χ1n) is 6.07. The third kappa shape index (κ3) is 3.76. The molecule has 0 unspecified atom stereocenters. The van der Waals surface area contributed by atoms with Gasteiger partial charge in [0.25, 0.3) is 0 Å². The Balaban J connectivity index is 2.40. The maximum Gasteiger partial charge on any atom is 0.417 e. The minimum absolute atomic E-state index is 0.0959. The maximum atomic E-state index is 13.0. The van der Waals surface area contributed by atoms with Gasteiger partial charge in [-0.25, -0.2) is 4.99 Å². The van der Waals surface area contributed by atoms with E-state index in [2.05, 4.69) is 4.99 Å². The fourth-order valence-electron chi connectivity index (χ4n) is 1.89. The molecule has 2 N–H and O–H groups in total. The van der Waals surface area contributed by atoms with Crippen molar-refractivity contribution in [1.29, 1.82) is 0 Å². The number of alkyl halides is 4. The van der Waals surface area contributed by atoms with Crippen LogP contribution in [0, 0.1) is 0 Å². The fraction of sp³-hybridized carbons (Fsp3) is 0.133. The van der Waals surface area contributed by atoms with E-state index in [0.29, 0.717) is 11.3 Å². The Labute approximate surface area is 125 Å². The first-order chi connectivity index (χ1) is 9.91. The summed E-state index contributed by atoms with van der Waals surface area (Å²) < 4.78 is 38.9. The van der Waals surface area contributed by atoms with Crippen molar-refractivity contribution in [2.45, 2.75) is 6.18 Å². The number of rotatable bonds is 3. The highest BCUT2D eigenvalue weighted by Gasteiger charge is 2.33. The Bertz CT molecular complexity index is 649. The molecule has 6 heteroatoms. The van der Waals surface area contributed by atoms with Crippen molar-refractivity contribution in [3.05, 3.63) is 54.1 Å². The number of nitrogens with zero attached hydrogens (tertiary/aromatic N) is 1. The van der Waals surface area contributed by atoms with Gasteiger partial charge in [0.15, 0.2) is 0 Å². The Kier molecular flexibility index (Phi) is 4.53. The second kappa shape index (κ2) is 6.18. The number of amidine groups is 1. The molecule has 0 bridgehead atoms. The van der Waals surface area contributed by atoms with Crippen LogP contribution in [-0.2, 0) is 6.18 Å². The second-order valence-corrected chi connectivity index (χ2v) is 4.59. The molecule has 110 valence electrons. The van der Waals surface area contributed by atoms with Gasteiger partial charge in [0, 0.05) is 0 Å². The summed E-state index contributed by atoms with van der Waals surface area (Å²) in [6.45, 7) is 0. The van der Waals surface area contributed by atoms with E-state index in [0.717, 1.165) is 6.07 Å². The van der Waals surface area contributed by atoms with Crippen LogP contribution < -0.4 is 5.73 Å². The van der Waals surface area contributed by atoms with Gasteiger partial charge in [-0.05, 0) is 29.3 Å². The Morgan fingerprint density at radius 2 is 1.67 bits per heavy atom. The standard InChI is InChI=1S/C15H12ClF3N2/c16-9-14(20)21-11-7-5-10(6-8-11)12-3-1-2-4-13(12)15(17,18)19/h1-8H,9H2,(H2,20,21). The van der Waals surface area contributed by atoms with Gasteiger partial charge in [-0.2, -0.15) is 13.2 Å². The van der Waals surface area contributed by atoms with E-state index in [4.69, 9.17) is 17.3 Å². The second-order valence-electron chi connectivity index (χ2n) is 4.33. The highest BCUT2D eigenvalue weighted by molar-refractivity contribution is 6.28. The molecule has 21 heavy (non-hydrogen) atoms. The number of halogens is 4. The number of hydrogen-bond donors (Lipinski definition) is 1. The van der Waals surface area contributed by atoms with Crippen molar-refractivity contribution >= 4 is 23.1 Å². The Morgan fingerprint density at radius 1 is 1.05 bits per heavy atom. The topological polar surface area (TPSA) is 38.4 Å². The average Bonchev–Trinajstić information content (AvgIpc) is 2.47. The smallest absolute Gasteiger partial charge is 0.386 e. The lowest BCUT2D eigenvalue weighted by Gasteiger charge is -2.12. The van der Waals surface area contributed by atoms with E-state index < -0.39 is 11.7 Å². The monoisotopic (exact) mass is 312 g/mol. The van der Waals surface area contributed by atoms with Gasteiger partial charge in [-0.3, -0.25) is 0 Å². The summed E-state index contributed by atoms with van der Waals surface area (Å²) in [6, 6.07) is 11.8. The molecule has 2 aromatic rings. The molecule has 0 aliphatic carbocycles. The van der Waals surface area contributed by atoms with E-state index in [9.17, 15) is 13.2 Å². The van der Waals surface area contributed by atoms with Crippen LogP contribution in [0.1, 0.15) is 5.56 Å². The molecule has 0 spiro atoms. The molecule has 0 heterocycles. The average molecular weight is 313 g/mol. The van der Waals surface area contributed by atoms with Crippen LogP contribution >= 0.6 is 11.6 Å². The number of hydrogen-bond acceptors (Lipinski definition) is 1. The lowest BCUT2D eigenvalue weighted by atomic mass is 9.99. The normalized spacial score (nSPS) is 12.5. The summed E-state index contributed by atoms with van der Waals surface area (Å²) in [5.74, 6) is 0.346. The third-order valence-corrected chi connectivity index (χ3v) is 3.09. The Morgan fingerprint density at radius 3 is 2.24 bits per heavy atom. The minimum atomic E-state index is -4.39. The van der Waals surface area contributed by atoms with Gasteiger partial charge >= 0.3 is 6.18 Å². The van der Waals surface area contributed by atoms with Gasteiger partial charge in [-0.15, -0.1) is 11.6 Å². The Hall–Kier alpha value is -2.01. The number of nitrogens with two attached hydrogens (primary N) is 1. The summed E-state index contributed by atoms with van der Waals surface area (Å²) in [5, 5.41) is 0. The molecule has 2 nitrogen and oxygen atoms in total. The van der Waals surface area contributed by atoms with Gasteiger partial charge in [0.1, 0.15) is 5.84 Å². The van der Waals surface area contributed by atoms with Gasteiger partial charge in [0.2, 0.25) is 0 Å². The van der Waals surface area contributed by atoms with Crippen molar-refractivity contribution in [2.75, 3.05) is 5.88 Å². The summed E-state index contributed by atoms with van der Waals surface area (Å²) in [6.07, 6.45) is -4.39. The zero-order valence-corrected chi connectivity index (χ0v) is 11.6. The van der Waals surface area contributed by atoms with Crippen LogP contribution in [0.25, 0.3) is 11.1 Å². The van der Waals surface area contributed by atoms with E-state index in [-0.39, 0.29) is 17.3 Å². The van der Waals surface area contributed by atoms with E-state index in [1.54, 1.807) is 30.3 Å². The zero-order valence-electron chi connectivity index (χ0n) is 10.9. The molecule has 0 fully saturated rings. The molecule has 0 amide bonds. The molecule has 0 aliphatic rings. The van der Waals surface area contributed by atoms with Crippen LogP contribution in [0.5, 0.6) is 0 Å².